The van der Waals surface area contributed by atoms with Gasteiger partial charge >= 0.3 is 0 Å². The highest BCUT2D eigenvalue weighted by molar-refractivity contribution is 6.21. The van der Waals surface area contributed by atoms with Gasteiger partial charge < -0.3 is 5.32 Å². The highest BCUT2D eigenvalue weighted by Crippen LogP contribution is 2.24. The summed E-state index contributed by atoms with van der Waals surface area (Å²) in [5.41, 5.74) is 2.89. The van der Waals surface area contributed by atoms with Gasteiger partial charge in [0.25, 0.3) is 11.8 Å². The van der Waals surface area contributed by atoms with Crippen molar-refractivity contribution < 1.29 is 14.4 Å². The molecule has 26 heavy (non-hydrogen) atoms. The Labute approximate surface area is 153 Å². The number of hydrogen-bond donors (Lipinski definition) is 1. The van der Waals surface area contributed by atoms with E-state index >= 15 is 0 Å². The second-order valence-corrected chi connectivity index (χ2v) is 6.61. The first-order valence-electron chi connectivity index (χ1n) is 8.78. The number of nitrogens with one attached hydrogen (secondary N) is 1. The SMILES string of the molecule is Cc1ccc2c(c1)C(=O)N(CCCC(=O)NC(C)c1ccccc1)C2=O. The van der Waals surface area contributed by atoms with Gasteiger partial charge in [-0.25, -0.2) is 0 Å². The van der Waals surface area contributed by atoms with Crippen molar-refractivity contribution >= 4 is 17.7 Å². The van der Waals surface area contributed by atoms with E-state index in [1.54, 1.807) is 12.1 Å². The number of benzene rings is 2. The number of carbonyl (C=O) groups is 3. The van der Waals surface area contributed by atoms with Gasteiger partial charge in [-0.05, 0) is 38.0 Å². The number of nitrogens with zero attached hydrogens (tertiary/aromatic N) is 1. The molecule has 3 rings (SSSR count). The smallest absolute Gasteiger partial charge is 0.261 e. The number of amides is 3. The molecule has 0 aromatic heterocycles. The number of imide groups is 1. The minimum Gasteiger partial charge on any atom is -0.350 e. The average molecular weight is 350 g/mol. The molecule has 1 aliphatic rings. The lowest BCUT2D eigenvalue weighted by atomic mass is 10.1. The summed E-state index contributed by atoms with van der Waals surface area (Å²) in [5.74, 6) is -0.636. The molecule has 0 spiro atoms. The molecule has 1 atom stereocenters. The van der Waals surface area contributed by atoms with Crippen LogP contribution in [0.1, 0.15) is 57.7 Å². The molecule has 0 radical (unpaired) electrons. The lowest BCUT2D eigenvalue weighted by Gasteiger charge is -2.16. The normalized spacial score (nSPS) is 14.3. The number of carbonyl (C=O) groups excluding carboxylic acids is 3. The van der Waals surface area contributed by atoms with Crippen molar-refractivity contribution in [3.8, 4) is 0 Å². The lowest BCUT2D eigenvalue weighted by Crippen LogP contribution is -2.32. The topological polar surface area (TPSA) is 66.5 Å². The largest absolute Gasteiger partial charge is 0.350 e. The van der Waals surface area contributed by atoms with Gasteiger partial charge in [-0.15, -0.1) is 0 Å². The molecule has 0 saturated heterocycles. The van der Waals surface area contributed by atoms with Gasteiger partial charge in [-0.3, -0.25) is 19.3 Å². The molecule has 1 heterocycles. The molecule has 134 valence electrons. The van der Waals surface area contributed by atoms with Crippen LogP contribution in [-0.2, 0) is 4.79 Å². The highest BCUT2D eigenvalue weighted by atomic mass is 16.2. The van der Waals surface area contributed by atoms with Crippen LogP contribution in [0, 0.1) is 6.92 Å². The predicted octanol–water partition coefficient (Wildman–Crippen LogP) is 3.25. The first-order valence-corrected chi connectivity index (χ1v) is 8.78. The molecule has 5 nitrogen and oxygen atoms in total. The highest BCUT2D eigenvalue weighted by Gasteiger charge is 2.34. The van der Waals surface area contributed by atoms with Crippen molar-refractivity contribution in [2.75, 3.05) is 6.54 Å². The van der Waals surface area contributed by atoms with Crippen LogP contribution in [-0.4, -0.2) is 29.2 Å². The Hall–Kier alpha value is -2.95. The monoisotopic (exact) mass is 350 g/mol. The van der Waals surface area contributed by atoms with Gasteiger partial charge in [0.1, 0.15) is 0 Å². The van der Waals surface area contributed by atoms with Gasteiger partial charge in [0.15, 0.2) is 0 Å². The van der Waals surface area contributed by atoms with Gasteiger partial charge in [0.2, 0.25) is 5.91 Å². The molecule has 1 aliphatic heterocycles. The molecule has 1 unspecified atom stereocenters. The van der Waals surface area contributed by atoms with Crippen molar-refractivity contribution in [3.05, 3.63) is 70.8 Å². The van der Waals surface area contributed by atoms with E-state index in [9.17, 15) is 14.4 Å². The number of rotatable bonds is 6. The van der Waals surface area contributed by atoms with Gasteiger partial charge in [0.05, 0.1) is 17.2 Å². The average Bonchev–Trinajstić information content (AvgIpc) is 2.86. The molecule has 0 bridgehead atoms. The Morgan fingerprint density at radius 2 is 1.73 bits per heavy atom. The molecule has 5 heteroatoms. The molecular formula is C21H22N2O3. The van der Waals surface area contributed by atoms with Crippen LogP contribution in [0.15, 0.2) is 48.5 Å². The summed E-state index contributed by atoms with van der Waals surface area (Å²) >= 11 is 0. The number of aryl methyl sites for hydroxylation is 1. The minimum atomic E-state index is -0.275. The third-order valence-electron chi connectivity index (χ3n) is 4.59. The van der Waals surface area contributed by atoms with Crippen LogP contribution in [0.3, 0.4) is 0 Å². The zero-order valence-corrected chi connectivity index (χ0v) is 15.0. The van der Waals surface area contributed by atoms with Crippen molar-refractivity contribution in [3.63, 3.8) is 0 Å². The van der Waals surface area contributed by atoms with Crippen LogP contribution in [0.25, 0.3) is 0 Å². The fourth-order valence-electron chi connectivity index (χ4n) is 3.14. The zero-order valence-electron chi connectivity index (χ0n) is 15.0. The molecule has 3 amide bonds. The maximum atomic E-state index is 12.4. The fraction of sp³-hybridized carbons (Fsp3) is 0.286. The van der Waals surface area contributed by atoms with Crippen LogP contribution in [0.5, 0.6) is 0 Å². The second-order valence-electron chi connectivity index (χ2n) is 6.61. The third-order valence-corrected chi connectivity index (χ3v) is 4.59. The Kier molecular flexibility index (Phi) is 5.16. The predicted molar refractivity (Wildman–Crippen MR) is 98.8 cm³/mol. The summed E-state index contributed by atoms with van der Waals surface area (Å²) in [6.45, 7) is 4.07. The quantitative estimate of drug-likeness (QED) is 0.813. The third kappa shape index (κ3) is 3.67. The molecule has 1 N–H and O–H groups in total. The summed E-state index contributed by atoms with van der Waals surface area (Å²) in [4.78, 5) is 38.1. The molecular weight excluding hydrogens is 328 g/mol. The van der Waals surface area contributed by atoms with Gasteiger partial charge in [-0.1, -0.05) is 42.0 Å². The Morgan fingerprint density at radius 1 is 1.04 bits per heavy atom. The van der Waals surface area contributed by atoms with Gasteiger partial charge in [0, 0.05) is 13.0 Å². The standard InChI is InChI=1S/C21H22N2O3/c1-14-10-11-17-18(13-14)21(26)23(20(17)25)12-6-9-19(24)22-15(2)16-7-4-3-5-8-16/h3-5,7-8,10-11,13,15H,6,9,12H2,1-2H3,(H,22,24). The zero-order chi connectivity index (χ0) is 18.7. The maximum absolute atomic E-state index is 12.4. The van der Waals surface area contributed by atoms with Crippen LogP contribution < -0.4 is 5.32 Å². The summed E-state index contributed by atoms with van der Waals surface area (Å²) in [6, 6.07) is 14.9. The van der Waals surface area contributed by atoms with E-state index in [-0.39, 0.29) is 36.7 Å². The van der Waals surface area contributed by atoms with Crippen LogP contribution in [0.2, 0.25) is 0 Å². The van der Waals surface area contributed by atoms with Crippen LogP contribution in [0.4, 0.5) is 0 Å². The second kappa shape index (κ2) is 7.52. The summed E-state index contributed by atoms with van der Waals surface area (Å²) in [7, 11) is 0. The number of hydrogen-bond acceptors (Lipinski definition) is 3. The maximum Gasteiger partial charge on any atom is 0.261 e. The van der Waals surface area contributed by atoms with Crippen LogP contribution >= 0.6 is 0 Å². The Balaban J connectivity index is 1.52. The van der Waals surface area contributed by atoms with Crippen molar-refractivity contribution in [1.29, 1.82) is 0 Å². The van der Waals surface area contributed by atoms with E-state index in [1.807, 2.05) is 50.2 Å². The Morgan fingerprint density at radius 3 is 2.46 bits per heavy atom. The van der Waals surface area contributed by atoms with Crippen molar-refractivity contribution in [1.82, 2.24) is 10.2 Å². The van der Waals surface area contributed by atoms with E-state index in [0.717, 1.165) is 11.1 Å². The fourth-order valence-corrected chi connectivity index (χ4v) is 3.14. The minimum absolute atomic E-state index is 0.0778. The van der Waals surface area contributed by atoms with Crippen molar-refractivity contribution in [2.45, 2.75) is 32.7 Å². The van der Waals surface area contributed by atoms with E-state index < -0.39 is 0 Å². The first kappa shape index (κ1) is 17.9. The molecule has 0 aliphatic carbocycles. The first-order chi connectivity index (χ1) is 12.5. The van der Waals surface area contributed by atoms with E-state index in [1.165, 1.54) is 4.90 Å². The molecule has 2 aromatic carbocycles. The lowest BCUT2D eigenvalue weighted by molar-refractivity contribution is -0.121. The summed E-state index contributed by atoms with van der Waals surface area (Å²) in [5, 5.41) is 2.94. The van der Waals surface area contributed by atoms with E-state index in [2.05, 4.69) is 5.32 Å². The molecule has 0 fully saturated rings. The molecule has 0 saturated carbocycles. The van der Waals surface area contributed by atoms with E-state index in [4.69, 9.17) is 0 Å². The number of fused-ring (bicyclic) bond motifs is 1. The molecule has 2 aromatic rings. The van der Waals surface area contributed by atoms with Crippen molar-refractivity contribution in [2.24, 2.45) is 0 Å². The van der Waals surface area contributed by atoms with E-state index in [0.29, 0.717) is 17.5 Å². The van der Waals surface area contributed by atoms with Gasteiger partial charge in [-0.2, -0.15) is 0 Å². The summed E-state index contributed by atoms with van der Waals surface area (Å²) < 4.78 is 0. The Bertz CT molecular complexity index is 846. The summed E-state index contributed by atoms with van der Waals surface area (Å²) in [6.07, 6.45) is 0.710.